The monoisotopic (exact) mass is 242 g/mol. The Kier molecular flexibility index (Phi) is 4.49. The maximum Gasteiger partial charge on any atom is 0.171 e. The van der Waals surface area contributed by atoms with Crippen LogP contribution in [-0.4, -0.2) is 32.8 Å². The topological polar surface area (TPSA) is 60.4 Å². The highest BCUT2D eigenvalue weighted by atomic mass is 32.2. The second-order valence-electron chi connectivity index (χ2n) is 3.52. The molecule has 0 spiro atoms. The Labute approximate surface area is 95.2 Å². The van der Waals surface area contributed by atoms with Gasteiger partial charge in [0.2, 0.25) is 0 Å². The summed E-state index contributed by atoms with van der Waals surface area (Å²) in [6.45, 7) is -0.0838. The number of rotatable bonds is 6. The fraction of sp³-hybridized carbons (Fsp3) is 0.364. The van der Waals surface area contributed by atoms with Crippen LogP contribution in [0, 0.1) is 0 Å². The Morgan fingerprint density at radius 2 is 1.88 bits per heavy atom. The van der Waals surface area contributed by atoms with Gasteiger partial charge in [-0.25, -0.2) is 8.42 Å². The Morgan fingerprint density at radius 3 is 2.44 bits per heavy atom. The highest BCUT2D eigenvalue weighted by molar-refractivity contribution is 7.90. The highest BCUT2D eigenvalue weighted by Crippen LogP contribution is 2.08. The Hall–Kier alpha value is -1.36. The van der Waals surface area contributed by atoms with Crippen molar-refractivity contribution in [2.75, 3.05) is 18.6 Å². The van der Waals surface area contributed by atoms with Gasteiger partial charge < -0.3 is 4.74 Å². The van der Waals surface area contributed by atoms with Gasteiger partial charge in [-0.2, -0.15) is 0 Å². The van der Waals surface area contributed by atoms with Crippen LogP contribution in [0.25, 0.3) is 0 Å². The van der Waals surface area contributed by atoms with Crippen LogP contribution in [0.5, 0.6) is 5.75 Å². The summed E-state index contributed by atoms with van der Waals surface area (Å²) in [4.78, 5) is 11.3. The molecule has 16 heavy (non-hydrogen) atoms. The molecule has 0 aliphatic rings. The Bertz CT molecular complexity index is 436. The SMILES string of the molecule is CS(=O)(=O)CCC(=O)COc1ccccc1. The number of ketones is 1. The summed E-state index contributed by atoms with van der Waals surface area (Å²) in [5.41, 5.74) is 0. The van der Waals surface area contributed by atoms with Gasteiger partial charge in [0, 0.05) is 12.7 Å². The summed E-state index contributed by atoms with van der Waals surface area (Å²) in [6, 6.07) is 8.93. The fourth-order valence-corrected chi connectivity index (χ4v) is 1.65. The first-order valence-corrected chi connectivity index (χ1v) is 6.91. The average molecular weight is 242 g/mol. The van der Waals surface area contributed by atoms with E-state index in [4.69, 9.17) is 4.74 Å². The molecule has 5 heteroatoms. The minimum Gasteiger partial charge on any atom is -0.486 e. The second-order valence-corrected chi connectivity index (χ2v) is 5.78. The molecule has 0 aliphatic heterocycles. The predicted octanol–water partition coefficient (Wildman–Crippen LogP) is 1.07. The number of hydrogen-bond donors (Lipinski definition) is 0. The van der Waals surface area contributed by atoms with Crippen molar-refractivity contribution >= 4 is 15.6 Å². The van der Waals surface area contributed by atoms with Gasteiger partial charge >= 0.3 is 0 Å². The molecule has 0 aromatic heterocycles. The zero-order valence-corrected chi connectivity index (χ0v) is 9.87. The van der Waals surface area contributed by atoms with Gasteiger partial charge in [-0.1, -0.05) is 18.2 Å². The molecule has 0 aliphatic carbocycles. The van der Waals surface area contributed by atoms with E-state index in [2.05, 4.69) is 0 Å². The molecule has 1 aromatic rings. The summed E-state index contributed by atoms with van der Waals surface area (Å²) in [6.07, 6.45) is 1.12. The molecular weight excluding hydrogens is 228 g/mol. The summed E-state index contributed by atoms with van der Waals surface area (Å²) < 4.78 is 26.8. The first kappa shape index (κ1) is 12.7. The normalized spacial score (nSPS) is 11.1. The zero-order chi connectivity index (χ0) is 12.0. The van der Waals surface area contributed by atoms with Gasteiger partial charge in [-0.3, -0.25) is 4.79 Å². The number of ether oxygens (including phenoxy) is 1. The van der Waals surface area contributed by atoms with Crippen LogP contribution in [0.1, 0.15) is 6.42 Å². The molecule has 0 unspecified atom stereocenters. The van der Waals surface area contributed by atoms with Crippen molar-refractivity contribution in [2.24, 2.45) is 0 Å². The van der Waals surface area contributed by atoms with Gasteiger partial charge in [0.05, 0.1) is 5.75 Å². The van der Waals surface area contributed by atoms with E-state index in [-0.39, 0.29) is 24.6 Å². The molecule has 0 atom stereocenters. The van der Waals surface area contributed by atoms with E-state index in [0.717, 1.165) is 6.26 Å². The lowest BCUT2D eigenvalue weighted by atomic mass is 10.3. The number of carbonyl (C=O) groups excluding carboxylic acids is 1. The van der Waals surface area contributed by atoms with Gasteiger partial charge in [0.25, 0.3) is 0 Å². The van der Waals surface area contributed by atoms with Crippen LogP contribution >= 0.6 is 0 Å². The molecule has 4 nitrogen and oxygen atoms in total. The first-order valence-electron chi connectivity index (χ1n) is 4.84. The maximum atomic E-state index is 11.3. The fourth-order valence-electron chi connectivity index (χ4n) is 1.05. The smallest absolute Gasteiger partial charge is 0.171 e. The van der Waals surface area contributed by atoms with E-state index in [1.54, 1.807) is 24.3 Å². The van der Waals surface area contributed by atoms with Crippen molar-refractivity contribution in [2.45, 2.75) is 6.42 Å². The first-order chi connectivity index (χ1) is 7.47. The lowest BCUT2D eigenvalue weighted by molar-refractivity contribution is -0.120. The molecule has 0 saturated heterocycles. The molecule has 0 bridgehead atoms. The predicted molar refractivity (Wildman–Crippen MR) is 61.3 cm³/mol. The third-order valence-electron chi connectivity index (χ3n) is 1.89. The van der Waals surface area contributed by atoms with Crippen LogP contribution in [0.3, 0.4) is 0 Å². The van der Waals surface area contributed by atoms with Gasteiger partial charge in [0.1, 0.15) is 22.2 Å². The number of sulfone groups is 1. The molecule has 0 amide bonds. The molecule has 1 rings (SSSR count). The number of hydrogen-bond acceptors (Lipinski definition) is 4. The number of Topliss-reactive ketones (excluding diaryl/α,β-unsaturated/α-hetero) is 1. The second kappa shape index (κ2) is 5.65. The summed E-state index contributed by atoms with van der Waals surface area (Å²) in [5.74, 6) is 0.272. The Balaban J connectivity index is 2.31. The number of carbonyl (C=O) groups is 1. The molecule has 0 N–H and O–H groups in total. The third kappa shape index (κ3) is 5.50. The van der Waals surface area contributed by atoms with E-state index in [1.165, 1.54) is 0 Å². The third-order valence-corrected chi connectivity index (χ3v) is 2.84. The standard InChI is InChI=1S/C11H14O4S/c1-16(13,14)8-7-10(12)9-15-11-5-3-2-4-6-11/h2-6H,7-9H2,1H3. The molecule has 0 radical (unpaired) electrons. The minimum absolute atomic E-state index is 0.00562. The molecule has 0 heterocycles. The summed E-state index contributed by atoms with van der Waals surface area (Å²) in [5, 5.41) is 0. The lowest BCUT2D eigenvalue weighted by Gasteiger charge is -2.04. The van der Waals surface area contributed by atoms with Crippen LogP contribution < -0.4 is 4.74 Å². The molecule has 0 fully saturated rings. The van der Waals surface area contributed by atoms with Crippen molar-refractivity contribution in [3.63, 3.8) is 0 Å². The average Bonchev–Trinajstić information content (AvgIpc) is 2.24. The van der Waals surface area contributed by atoms with E-state index in [0.29, 0.717) is 5.75 Å². The number of benzene rings is 1. The van der Waals surface area contributed by atoms with E-state index in [1.807, 2.05) is 6.07 Å². The highest BCUT2D eigenvalue weighted by Gasteiger charge is 2.08. The Morgan fingerprint density at radius 1 is 1.25 bits per heavy atom. The van der Waals surface area contributed by atoms with Crippen molar-refractivity contribution in [1.82, 2.24) is 0 Å². The molecule has 1 aromatic carbocycles. The zero-order valence-electron chi connectivity index (χ0n) is 9.05. The summed E-state index contributed by atoms with van der Waals surface area (Å²) in [7, 11) is -3.08. The van der Waals surface area contributed by atoms with E-state index < -0.39 is 9.84 Å². The van der Waals surface area contributed by atoms with Crippen LogP contribution in [0.4, 0.5) is 0 Å². The van der Waals surface area contributed by atoms with Crippen molar-refractivity contribution in [3.05, 3.63) is 30.3 Å². The van der Waals surface area contributed by atoms with Crippen LogP contribution in [0.2, 0.25) is 0 Å². The number of para-hydroxylation sites is 1. The van der Waals surface area contributed by atoms with Crippen molar-refractivity contribution in [1.29, 1.82) is 0 Å². The molecular formula is C11H14O4S. The summed E-state index contributed by atoms with van der Waals surface area (Å²) >= 11 is 0. The van der Waals surface area contributed by atoms with Crippen molar-refractivity contribution < 1.29 is 17.9 Å². The van der Waals surface area contributed by atoms with Crippen LogP contribution in [-0.2, 0) is 14.6 Å². The van der Waals surface area contributed by atoms with Gasteiger partial charge in [-0.05, 0) is 12.1 Å². The van der Waals surface area contributed by atoms with Gasteiger partial charge in [-0.15, -0.1) is 0 Å². The quantitative estimate of drug-likeness (QED) is 0.748. The largest absolute Gasteiger partial charge is 0.486 e. The maximum absolute atomic E-state index is 11.3. The minimum atomic E-state index is -3.08. The van der Waals surface area contributed by atoms with Gasteiger partial charge in [0.15, 0.2) is 5.78 Å². The lowest BCUT2D eigenvalue weighted by Crippen LogP contribution is -2.15. The molecule has 88 valence electrons. The van der Waals surface area contributed by atoms with E-state index >= 15 is 0 Å². The van der Waals surface area contributed by atoms with E-state index in [9.17, 15) is 13.2 Å². The van der Waals surface area contributed by atoms with Crippen LogP contribution in [0.15, 0.2) is 30.3 Å². The molecule has 0 saturated carbocycles. The van der Waals surface area contributed by atoms with Crippen molar-refractivity contribution in [3.8, 4) is 5.75 Å².